The monoisotopic (exact) mass is 342 g/mol. The van der Waals surface area contributed by atoms with E-state index in [1.165, 1.54) is 6.26 Å². The second-order valence-electron chi connectivity index (χ2n) is 6.19. The molecule has 0 aliphatic carbocycles. The van der Waals surface area contributed by atoms with Gasteiger partial charge in [0, 0.05) is 6.54 Å². The molecule has 1 aromatic carbocycles. The zero-order chi connectivity index (χ0) is 17.8. The van der Waals surface area contributed by atoms with Gasteiger partial charge in [-0.1, -0.05) is 30.3 Å². The van der Waals surface area contributed by atoms with Crippen LogP contribution in [-0.2, 0) is 9.53 Å². The molecule has 1 aromatic heterocycles. The number of ether oxygens (including phenoxy) is 1. The normalized spacial score (nSPS) is 20.3. The number of amides is 2. The topological polar surface area (TPSA) is 71.8 Å². The molecule has 2 atom stereocenters. The van der Waals surface area contributed by atoms with Crippen LogP contribution in [0.2, 0.25) is 0 Å². The summed E-state index contributed by atoms with van der Waals surface area (Å²) in [5, 5.41) is 2.68. The van der Waals surface area contributed by atoms with Gasteiger partial charge in [0.25, 0.3) is 5.91 Å². The van der Waals surface area contributed by atoms with Gasteiger partial charge in [0.2, 0.25) is 5.91 Å². The molecule has 2 heterocycles. The minimum absolute atomic E-state index is 0.0317. The molecule has 0 bridgehead atoms. The summed E-state index contributed by atoms with van der Waals surface area (Å²) in [6.45, 7) is 4.55. The molecular weight excluding hydrogens is 320 g/mol. The van der Waals surface area contributed by atoms with Crippen molar-refractivity contribution in [2.24, 2.45) is 0 Å². The van der Waals surface area contributed by atoms with Gasteiger partial charge >= 0.3 is 0 Å². The molecule has 132 valence electrons. The fourth-order valence-electron chi connectivity index (χ4n) is 3.00. The Kier molecular flexibility index (Phi) is 5.19. The molecule has 2 amide bonds. The second-order valence-corrected chi connectivity index (χ2v) is 6.19. The SMILES string of the molecule is Cc1occc1C(=O)NCC(=O)N1C[C@H](C)OC[C@H]1c1ccccc1. The van der Waals surface area contributed by atoms with Crippen LogP contribution in [0.5, 0.6) is 0 Å². The maximum Gasteiger partial charge on any atom is 0.255 e. The van der Waals surface area contributed by atoms with E-state index in [4.69, 9.17) is 9.15 Å². The number of morpholine rings is 1. The van der Waals surface area contributed by atoms with Crippen LogP contribution in [0.1, 0.15) is 34.6 Å². The third kappa shape index (κ3) is 3.91. The van der Waals surface area contributed by atoms with Gasteiger partial charge in [-0.2, -0.15) is 0 Å². The zero-order valence-electron chi connectivity index (χ0n) is 14.4. The van der Waals surface area contributed by atoms with E-state index in [1.54, 1.807) is 17.9 Å². The number of aryl methyl sites for hydroxylation is 1. The summed E-state index contributed by atoms with van der Waals surface area (Å²) >= 11 is 0. The zero-order valence-corrected chi connectivity index (χ0v) is 14.4. The lowest BCUT2D eigenvalue weighted by molar-refractivity contribution is -0.143. The Bertz CT molecular complexity index is 741. The van der Waals surface area contributed by atoms with Crippen molar-refractivity contribution < 1.29 is 18.7 Å². The standard InChI is InChI=1S/C19H22N2O4/c1-13-11-21(17(12-25-13)15-6-4-3-5-7-15)18(22)10-20-19(23)16-8-9-24-14(16)2/h3-9,13,17H,10-12H2,1-2H3,(H,20,23)/t13-,17-/m0/s1. The van der Waals surface area contributed by atoms with Crippen molar-refractivity contribution in [1.29, 1.82) is 0 Å². The van der Waals surface area contributed by atoms with Crippen LogP contribution < -0.4 is 5.32 Å². The molecule has 25 heavy (non-hydrogen) atoms. The minimum Gasteiger partial charge on any atom is -0.469 e. The highest BCUT2D eigenvalue weighted by molar-refractivity contribution is 5.97. The largest absolute Gasteiger partial charge is 0.469 e. The van der Waals surface area contributed by atoms with Crippen molar-refractivity contribution in [3.05, 3.63) is 59.5 Å². The molecule has 2 aromatic rings. The number of benzene rings is 1. The Morgan fingerprint density at radius 2 is 2.00 bits per heavy atom. The van der Waals surface area contributed by atoms with Gasteiger partial charge in [0.1, 0.15) is 5.76 Å². The number of hydrogen-bond donors (Lipinski definition) is 1. The molecule has 1 N–H and O–H groups in total. The summed E-state index contributed by atoms with van der Waals surface area (Å²) in [4.78, 5) is 26.7. The Balaban J connectivity index is 1.67. The van der Waals surface area contributed by atoms with E-state index in [1.807, 2.05) is 37.3 Å². The van der Waals surface area contributed by atoms with Crippen LogP contribution in [0, 0.1) is 6.92 Å². The van der Waals surface area contributed by atoms with Crippen LogP contribution in [0.15, 0.2) is 47.1 Å². The number of nitrogens with zero attached hydrogens (tertiary/aromatic N) is 1. The predicted octanol–water partition coefficient (Wildman–Crippen LogP) is 2.31. The second kappa shape index (κ2) is 7.53. The molecule has 1 fully saturated rings. The van der Waals surface area contributed by atoms with Gasteiger partial charge in [-0.05, 0) is 25.5 Å². The summed E-state index contributed by atoms with van der Waals surface area (Å²) in [6, 6.07) is 11.3. The first-order valence-corrected chi connectivity index (χ1v) is 8.34. The Labute approximate surface area is 146 Å². The molecule has 0 unspecified atom stereocenters. The van der Waals surface area contributed by atoms with E-state index < -0.39 is 0 Å². The number of hydrogen-bond acceptors (Lipinski definition) is 4. The highest BCUT2D eigenvalue weighted by Gasteiger charge is 2.31. The number of carbonyl (C=O) groups is 2. The Morgan fingerprint density at radius 3 is 2.68 bits per heavy atom. The third-order valence-electron chi connectivity index (χ3n) is 4.38. The average molecular weight is 342 g/mol. The number of carbonyl (C=O) groups excluding carboxylic acids is 2. The van der Waals surface area contributed by atoms with Crippen molar-refractivity contribution >= 4 is 11.8 Å². The predicted molar refractivity (Wildman–Crippen MR) is 92.1 cm³/mol. The molecule has 6 nitrogen and oxygen atoms in total. The maximum atomic E-state index is 12.7. The van der Waals surface area contributed by atoms with Gasteiger partial charge in [0.15, 0.2) is 0 Å². The molecule has 1 saturated heterocycles. The van der Waals surface area contributed by atoms with Crippen molar-refractivity contribution in [2.45, 2.75) is 26.0 Å². The molecule has 0 saturated carbocycles. The molecule has 6 heteroatoms. The van der Waals surface area contributed by atoms with Gasteiger partial charge in [-0.3, -0.25) is 9.59 Å². The summed E-state index contributed by atoms with van der Waals surface area (Å²) < 4.78 is 10.9. The molecule has 1 aliphatic rings. The fraction of sp³-hybridized carbons (Fsp3) is 0.368. The Hall–Kier alpha value is -2.60. The Morgan fingerprint density at radius 1 is 1.24 bits per heavy atom. The van der Waals surface area contributed by atoms with Crippen LogP contribution in [0.3, 0.4) is 0 Å². The summed E-state index contributed by atoms with van der Waals surface area (Å²) in [5.41, 5.74) is 1.47. The summed E-state index contributed by atoms with van der Waals surface area (Å²) in [6.07, 6.45) is 1.43. The van der Waals surface area contributed by atoms with Crippen molar-refractivity contribution in [3.63, 3.8) is 0 Å². The minimum atomic E-state index is -0.308. The lowest BCUT2D eigenvalue weighted by Crippen LogP contribution is -2.50. The smallest absolute Gasteiger partial charge is 0.255 e. The highest BCUT2D eigenvalue weighted by atomic mass is 16.5. The van der Waals surface area contributed by atoms with Crippen molar-refractivity contribution in [2.75, 3.05) is 19.7 Å². The van der Waals surface area contributed by atoms with Gasteiger partial charge in [-0.15, -0.1) is 0 Å². The summed E-state index contributed by atoms with van der Waals surface area (Å²) in [7, 11) is 0. The van der Waals surface area contributed by atoms with Gasteiger partial charge in [0.05, 0.1) is 37.1 Å². The summed E-state index contributed by atoms with van der Waals surface area (Å²) in [5.74, 6) is 0.0998. The molecule has 1 aliphatic heterocycles. The van der Waals surface area contributed by atoms with Crippen LogP contribution >= 0.6 is 0 Å². The number of furan rings is 1. The van der Waals surface area contributed by atoms with E-state index in [2.05, 4.69) is 5.32 Å². The first-order chi connectivity index (χ1) is 12.1. The van der Waals surface area contributed by atoms with E-state index >= 15 is 0 Å². The van der Waals surface area contributed by atoms with E-state index in [9.17, 15) is 9.59 Å². The lowest BCUT2D eigenvalue weighted by Gasteiger charge is -2.39. The van der Waals surface area contributed by atoms with E-state index in [-0.39, 0.29) is 30.5 Å². The first-order valence-electron chi connectivity index (χ1n) is 8.34. The molecule has 0 radical (unpaired) electrons. The van der Waals surface area contributed by atoms with Crippen LogP contribution in [0.4, 0.5) is 0 Å². The quantitative estimate of drug-likeness (QED) is 0.925. The van der Waals surface area contributed by atoms with Crippen molar-refractivity contribution in [3.8, 4) is 0 Å². The van der Waals surface area contributed by atoms with E-state index in [0.717, 1.165) is 5.56 Å². The highest BCUT2D eigenvalue weighted by Crippen LogP contribution is 2.26. The molecular formula is C19H22N2O4. The fourth-order valence-corrected chi connectivity index (χ4v) is 3.00. The first kappa shape index (κ1) is 17.2. The van der Waals surface area contributed by atoms with Gasteiger partial charge < -0.3 is 19.4 Å². The molecule has 3 rings (SSSR count). The van der Waals surface area contributed by atoms with Crippen molar-refractivity contribution in [1.82, 2.24) is 10.2 Å². The number of rotatable bonds is 4. The van der Waals surface area contributed by atoms with E-state index in [0.29, 0.717) is 24.5 Å². The molecule has 0 spiro atoms. The lowest BCUT2D eigenvalue weighted by atomic mass is 10.0. The average Bonchev–Trinajstić information content (AvgIpc) is 3.06. The number of nitrogens with one attached hydrogen (secondary N) is 1. The van der Waals surface area contributed by atoms with Crippen LogP contribution in [0.25, 0.3) is 0 Å². The van der Waals surface area contributed by atoms with Crippen LogP contribution in [-0.4, -0.2) is 42.5 Å². The third-order valence-corrected chi connectivity index (χ3v) is 4.38. The maximum absolute atomic E-state index is 12.7. The van der Waals surface area contributed by atoms with Gasteiger partial charge in [-0.25, -0.2) is 0 Å².